The Labute approximate surface area is 45.9 Å². The van der Waals surface area contributed by atoms with E-state index >= 15 is 0 Å². The third kappa shape index (κ3) is 0.793. The lowest BCUT2D eigenvalue weighted by molar-refractivity contribution is 0.190. The van der Waals surface area contributed by atoms with Gasteiger partial charge in [0.05, 0.1) is 0 Å². The minimum atomic E-state index is 1.05. The molecule has 0 aromatic rings. The summed E-state index contributed by atoms with van der Waals surface area (Å²) in [4.78, 5) is 0. The SMILES string of the molecule is CCC1CC[C@@H]1C. The molecule has 0 nitrogen and oxygen atoms in total. The van der Waals surface area contributed by atoms with Crippen molar-refractivity contribution in [1.29, 1.82) is 0 Å². The fraction of sp³-hybridized carbons (Fsp3) is 1.00. The maximum absolute atomic E-state index is 2.36. The van der Waals surface area contributed by atoms with Crippen LogP contribution in [0.2, 0.25) is 0 Å². The van der Waals surface area contributed by atoms with Crippen molar-refractivity contribution < 1.29 is 0 Å². The first-order valence-corrected chi connectivity index (χ1v) is 3.34. The normalized spacial score (nSPS) is 40.3. The summed E-state index contributed by atoms with van der Waals surface area (Å²) in [5.74, 6) is 2.13. The van der Waals surface area contributed by atoms with E-state index in [-0.39, 0.29) is 0 Å². The average molecular weight is 98.2 g/mol. The first kappa shape index (κ1) is 5.14. The minimum Gasteiger partial charge on any atom is -0.0651 e. The summed E-state index contributed by atoms with van der Waals surface area (Å²) < 4.78 is 0. The van der Waals surface area contributed by atoms with Crippen LogP contribution in [0.1, 0.15) is 33.1 Å². The summed E-state index contributed by atoms with van der Waals surface area (Å²) in [6.45, 7) is 4.65. The van der Waals surface area contributed by atoms with Crippen molar-refractivity contribution in [2.75, 3.05) is 0 Å². The van der Waals surface area contributed by atoms with Crippen molar-refractivity contribution in [3.05, 3.63) is 0 Å². The Bertz CT molecular complexity index is 55.1. The van der Waals surface area contributed by atoms with Gasteiger partial charge in [-0.15, -0.1) is 0 Å². The molecular weight excluding hydrogens is 84.1 g/mol. The summed E-state index contributed by atoms with van der Waals surface area (Å²) in [5, 5.41) is 0. The molecule has 1 unspecified atom stereocenters. The van der Waals surface area contributed by atoms with Gasteiger partial charge in [0, 0.05) is 0 Å². The van der Waals surface area contributed by atoms with Gasteiger partial charge in [-0.2, -0.15) is 0 Å². The van der Waals surface area contributed by atoms with Gasteiger partial charge in [0.1, 0.15) is 0 Å². The summed E-state index contributed by atoms with van der Waals surface area (Å²) >= 11 is 0. The highest BCUT2D eigenvalue weighted by molar-refractivity contribution is 4.75. The molecule has 1 aliphatic rings. The Morgan fingerprint density at radius 2 is 2.14 bits per heavy atom. The topological polar surface area (TPSA) is 0 Å². The molecule has 0 aliphatic heterocycles. The quantitative estimate of drug-likeness (QED) is 0.472. The second-order valence-electron chi connectivity index (χ2n) is 2.72. The van der Waals surface area contributed by atoms with Gasteiger partial charge >= 0.3 is 0 Å². The zero-order chi connectivity index (χ0) is 5.28. The molecule has 0 N–H and O–H groups in total. The first-order valence-electron chi connectivity index (χ1n) is 3.34. The van der Waals surface area contributed by atoms with E-state index in [9.17, 15) is 0 Å². The lowest BCUT2D eigenvalue weighted by Gasteiger charge is -2.32. The molecule has 0 amide bonds. The van der Waals surface area contributed by atoms with Crippen LogP contribution in [0.15, 0.2) is 0 Å². The van der Waals surface area contributed by atoms with Crippen LogP contribution < -0.4 is 0 Å². The Morgan fingerprint density at radius 1 is 1.43 bits per heavy atom. The molecule has 0 heterocycles. The standard InChI is InChI=1S/C7H14/c1-3-7-5-4-6(7)2/h6-7H,3-5H2,1-2H3/t6-,7?/m0/s1. The molecule has 1 rings (SSSR count). The highest BCUT2D eigenvalue weighted by Gasteiger charge is 2.23. The molecule has 0 heteroatoms. The lowest BCUT2D eigenvalue weighted by atomic mass is 9.74. The van der Waals surface area contributed by atoms with E-state index in [1.54, 1.807) is 0 Å². The van der Waals surface area contributed by atoms with Gasteiger partial charge in [-0.25, -0.2) is 0 Å². The maximum atomic E-state index is 2.36. The van der Waals surface area contributed by atoms with Crippen molar-refractivity contribution in [2.45, 2.75) is 33.1 Å². The van der Waals surface area contributed by atoms with Gasteiger partial charge in [-0.1, -0.05) is 26.7 Å². The third-order valence-electron chi connectivity index (χ3n) is 2.32. The summed E-state index contributed by atoms with van der Waals surface area (Å²) in [6.07, 6.45) is 4.39. The smallest absolute Gasteiger partial charge is 0.0391 e. The second kappa shape index (κ2) is 1.85. The van der Waals surface area contributed by atoms with Gasteiger partial charge < -0.3 is 0 Å². The number of rotatable bonds is 1. The second-order valence-corrected chi connectivity index (χ2v) is 2.72. The van der Waals surface area contributed by atoms with Crippen LogP contribution in [-0.2, 0) is 0 Å². The van der Waals surface area contributed by atoms with E-state index in [1.807, 2.05) is 0 Å². The molecule has 1 saturated carbocycles. The average Bonchev–Trinajstić information content (AvgIpc) is 1.65. The predicted octanol–water partition coefficient (Wildman–Crippen LogP) is 2.44. The Morgan fingerprint density at radius 3 is 2.14 bits per heavy atom. The fourth-order valence-electron chi connectivity index (χ4n) is 1.34. The highest BCUT2D eigenvalue weighted by Crippen LogP contribution is 2.35. The van der Waals surface area contributed by atoms with E-state index in [0.29, 0.717) is 0 Å². The molecule has 0 aromatic carbocycles. The van der Waals surface area contributed by atoms with Crippen LogP contribution in [-0.4, -0.2) is 0 Å². The molecule has 0 bridgehead atoms. The first-order chi connectivity index (χ1) is 3.34. The maximum Gasteiger partial charge on any atom is -0.0391 e. The van der Waals surface area contributed by atoms with E-state index in [1.165, 1.54) is 19.3 Å². The lowest BCUT2D eigenvalue weighted by Crippen LogP contribution is -2.21. The van der Waals surface area contributed by atoms with Crippen LogP contribution in [0.5, 0.6) is 0 Å². The van der Waals surface area contributed by atoms with Crippen molar-refractivity contribution >= 4 is 0 Å². The molecule has 7 heavy (non-hydrogen) atoms. The highest BCUT2D eigenvalue weighted by atomic mass is 14.3. The van der Waals surface area contributed by atoms with Gasteiger partial charge in [0.15, 0.2) is 0 Å². The molecule has 42 valence electrons. The monoisotopic (exact) mass is 98.1 g/mol. The minimum absolute atomic E-state index is 1.05. The Balaban J connectivity index is 2.16. The molecule has 0 aromatic heterocycles. The van der Waals surface area contributed by atoms with Crippen LogP contribution in [0.25, 0.3) is 0 Å². The van der Waals surface area contributed by atoms with Crippen LogP contribution >= 0.6 is 0 Å². The Hall–Kier alpha value is 0. The molecular formula is C7H14. The van der Waals surface area contributed by atoms with Gasteiger partial charge in [-0.3, -0.25) is 0 Å². The molecule has 1 fully saturated rings. The largest absolute Gasteiger partial charge is 0.0651 e. The van der Waals surface area contributed by atoms with E-state index in [4.69, 9.17) is 0 Å². The van der Waals surface area contributed by atoms with Crippen molar-refractivity contribution in [2.24, 2.45) is 11.8 Å². The zero-order valence-electron chi connectivity index (χ0n) is 5.28. The predicted molar refractivity (Wildman–Crippen MR) is 32.2 cm³/mol. The van der Waals surface area contributed by atoms with Crippen LogP contribution in [0, 0.1) is 11.8 Å². The van der Waals surface area contributed by atoms with Crippen molar-refractivity contribution in [3.63, 3.8) is 0 Å². The zero-order valence-corrected chi connectivity index (χ0v) is 5.28. The molecule has 0 spiro atoms. The Kier molecular flexibility index (Phi) is 1.36. The van der Waals surface area contributed by atoms with Gasteiger partial charge in [0.25, 0.3) is 0 Å². The number of hydrogen-bond donors (Lipinski definition) is 0. The summed E-state index contributed by atoms with van der Waals surface area (Å²) in [5.41, 5.74) is 0. The fourth-order valence-corrected chi connectivity index (χ4v) is 1.34. The van der Waals surface area contributed by atoms with E-state index in [0.717, 1.165) is 11.8 Å². The molecule has 2 atom stereocenters. The van der Waals surface area contributed by atoms with Gasteiger partial charge in [0.2, 0.25) is 0 Å². The molecule has 0 radical (unpaired) electrons. The number of hydrogen-bond acceptors (Lipinski definition) is 0. The van der Waals surface area contributed by atoms with Crippen LogP contribution in [0.4, 0.5) is 0 Å². The summed E-state index contributed by atoms with van der Waals surface area (Å²) in [6, 6.07) is 0. The van der Waals surface area contributed by atoms with E-state index < -0.39 is 0 Å². The molecule has 0 saturated heterocycles. The van der Waals surface area contributed by atoms with Crippen molar-refractivity contribution in [3.8, 4) is 0 Å². The van der Waals surface area contributed by atoms with E-state index in [2.05, 4.69) is 13.8 Å². The third-order valence-corrected chi connectivity index (χ3v) is 2.32. The van der Waals surface area contributed by atoms with Crippen molar-refractivity contribution in [1.82, 2.24) is 0 Å². The van der Waals surface area contributed by atoms with Crippen LogP contribution in [0.3, 0.4) is 0 Å². The molecule has 1 aliphatic carbocycles. The van der Waals surface area contributed by atoms with Gasteiger partial charge in [-0.05, 0) is 18.3 Å². The summed E-state index contributed by atoms with van der Waals surface area (Å²) in [7, 11) is 0.